The maximum absolute atomic E-state index is 13.4. The number of rotatable bonds is 2. The summed E-state index contributed by atoms with van der Waals surface area (Å²) in [6.07, 6.45) is 1.95. The molecule has 0 heterocycles. The summed E-state index contributed by atoms with van der Waals surface area (Å²) >= 11 is 2.96. The van der Waals surface area contributed by atoms with Crippen molar-refractivity contribution >= 4 is 15.9 Å². The molecule has 0 atom stereocenters. The van der Waals surface area contributed by atoms with E-state index in [1.54, 1.807) is 0 Å². The molecule has 3 N–H and O–H groups in total. The van der Waals surface area contributed by atoms with Crippen molar-refractivity contribution < 1.29 is 13.9 Å². The fraction of sp³-hybridized carbons (Fsp3) is 0.400. The number of aromatic hydroxyl groups is 1. The first-order valence-corrected chi connectivity index (χ1v) is 5.36. The van der Waals surface area contributed by atoms with Gasteiger partial charge >= 0.3 is 0 Å². The quantitative estimate of drug-likeness (QED) is 0.816. The topological polar surface area (TPSA) is 46.2 Å². The van der Waals surface area contributed by atoms with Crippen LogP contribution in [0.5, 0.6) is 5.75 Å². The summed E-state index contributed by atoms with van der Waals surface area (Å²) in [7, 11) is 0. The Morgan fingerprint density at radius 1 is 1.40 bits per heavy atom. The Bertz CT molecular complexity index is 418. The van der Waals surface area contributed by atoms with Crippen LogP contribution < -0.4 is 5.73 Å². The van der Waals surface area contributed by atoms with E-state index >= 15 is 0 Å². The molecule has 1 aromatic carbocycles. The van der Waals surface area contributed by atoms with Crippen LogP contribution in [0.15, 0.2) is 10.5 Å². The van der Waals surface area contributed by atoms with Crippen molar-refractivity contribution in [2.24, 2.45) is 5.73 Å². The summed E-state index contributed by atoms with van der Waals surface area (Å²) in [5.41, 5.74) is 5.64. The average molecular weight is 278 g/mol. The fourth-order valence-electron chi connectivity index (χ4n) is 1.48. The van der Waals surface area contributed by atoms with E-state index in [1.165, 1.54) is 6.07 Å². The van der Waals surface area contributed by atoms with Gasteiger partial charge in [0.2, 0.25) is 5.82 Å². The zero-order valence-electron chi connectivity index (χ0n) is 7.86. The molecule has 0 aromatic heterocycles. The van der Waals surface area contributed by atoms with Crippen LogP contribution in [0.3, 0.4) is 0 Å². The van der Waals surface area contributed by atoms with E-state index in [9.17, 15) is 8.78 Å². The Balaban J connectivity index is 2.39. The third-order valence-electron chi connectivity index (χ3n) is 2.64. The lowest BCUT2D eigenvalue weighted by Crippen LogP contribution is -2.25. The number of halogens is 3. The number of phenolic OH excluding ortho intramolecular Hbond substituents is 1. The molecule has 1 aliphatic rings. The molecule has 0 spiro atoms. The molecule has 1 aliphatic carbocycles. The molecule has 0 bridgehead atoms. The summed E-state index contributed by atoms with van der Waals surface area (Å²) in [4.78, 5) is 0. The minimum absolute atomic E-state index is 0.153. The summed E-state index contributed by atoms with van der Waals surface area (Å²) in [5.74, 6) is -2.92. The second-order valence-electron chi connectivity index (χ2n) is 4.03. The van der Waals surface area contributed by atoms with E-state index in [0.717, 1.165) is 12.8 Å². The van der Waals surface area contributed by atoms with Gasteiger partial charge in [0, 0.05) is 5.54 Å². The molecule has 2 rings (SSSR count). The van der Waals surface area contributed by atoms with E-state index in [-0.39, 0.29) is 15.6 Å². The predicted octanol–water partition coefficient (Wildman–Crippen LogP) is 2.47. The number of hydrogen-bond donors (Lipinski definition) is 2. The van der Waals surface area contributed by atoms with Crippen LogP contribution in [-0.2, 0) is 6.42 Å². The lowest BCUT2D eigenvalue weighted by Gasteiger charge is -2.11. The van der Waals surface area contributed by atoms with Crippen molar-refractivity contribution in [3.8, 4) is 5.75 Å². The van der Waals surface area contributed by atoms with Crippen LogP contribution in [-0.4, -0.2) is 10.6 Å². The minimum atomic E-state index is -1.22. The zero-order chi connectivity index (χ0) is 11.2. The van der Waals surface area contributed by atoms with Crippen LogP contribution in [0.1, 0.15) is 18.4 Å². The standard InChI is InChI=1S/C10H10BrF2NO/c11-6-3-5(4-10(14)1-2-10)7(12)8(13)9(6)15/h3,15H,1-2,4,14H2. The van der Waals surface area contributed by atoms with Crippen LogP contribution in [0.4, 0.5) is 8.78 Å². The van der Waals surface area contributed by atoms with Gasteiger partial charge in [0.1, 0.15) is 0 Å². The highest BCUT2D eigenvalue weighted by Crippen LogP contribution is 2.38. The summed E-state index contributed by atoms with van der Waals surface area (Å²) < 4.78 is 26.7. The van der Waals surface area contributed by atoms with Crippen molar-refractivity contribution in [3.63, 3.8) is 0 Å². The van der Waals surface area contributed by atoms with Crippen LogP contribution in [0, 0.1) is 11.6 Å². The van der Waals surface area contributed by atoms with E-state index in [1.807, 2.05) is 0 Å². The first-order chi connectivity index (χ1) is 6.93. The van der Waals surface area contributed by atoms with Crippen LogP contribution in [0.25, 0.3) is 0 Å². The van der Waals surface area contributed by atoms with Gasteiger partial charge in [-0.05, 0) is 46.8 Å². The van der Waals surface area contributed by atoms with Crippen molar-refractivity contribution in [2.45, 2.75) is 24.8 Å². The minimum Gasteiger partial charge on any atom is -0.504 e. The lowest BCUT2D eigenvalue weighted by molar-refractivity contribution is 0.399. The Morgan fingerprint density at radius 2 is 2.00 bits per heavy atom. The van der Waals surface area contributed by atoms with E-state index in [2.05, 4.69) is 15.9 Å². The normalized spacial score (nSPS) is 17.9. The molecule has 15 heavy (non-hydrogen) atoms. The highest BCUT2D eigenvalue weighted by Gasteiger charge is 2.39. The molecule has 0 aliphatic heterocycles. The van der Waals surface area contributed by atoms with Crippen molar-refractivity contribution in [1.29, 1.82) is 0 Å². The number of hydrogen-bond acceptors (Lipinski definition) is 2. The first kappa shape index (κ1) is 10.8. The van der Waals surface area contributed by atoms with Gasteiger partial charge < -0.3 is 10.8 Å². The Kier molecular flexibility index (Phi) is 2.47. The van der Waals surface area contributed by atoms with E-state index in [0.29, 0.717) is 6.42 Å². The molecule has 0 radical (unpaired) electrons. The third kappa shape index (κ3) is 1.99. The predicted molar refractivity (Wildman–Crippen MR) is 55.6 cm³/mol. The van der Waals surface area contributed by atoms with Gasteiger partial charge in [-0.3, -0.25) is 0 Å². The molecule has 0 saturated heterocycles. The second-order valence-corrected chi connectivity index (χ2v) is 4.89. The maximum Gasteiger partial charge on any atom is 0.201 e. The summed E-state index contributed by atoms with van der Waals surface area (Å²) in [5, 5.41) is 9.13. The smallest absolute Gasteiger partial charge is 0.201 e. The Hall–Kier alpha value is -0.680. The Labute approximate surface area is 94.2 Å². The molecule has 1 saturated carbocycles. The Morgan fingerprint density at radius 3 is 2.53 bits per heavy atom. The van der Waals surface area contributed by atoms with Crippen LogP contribution in [0.2, 0.25) is 0 Å². The van der Waals surface area contributed by atoms with Gasteiger partial charge in [-0.15, -0.1) is 0 Å². The van der Waals surface area contributed by atoms with Crippen molar-refractivity contribution in [1.82, 2.24) is 0 Å². The van der Waals surface area contributed by atoms with Crippen molar-refractivity contribution in [3.05, 3.63) is 27.7 Å². The molecular formula is C10H10BrF2NO. The van der Waals surface area contributed by atoms with Gasteiger partial charge in [0.15, 0.2) is 11.6 Å². The van der Waals surface area contributed by atoms with E-state index < -0.39 is 17.4 Å². The van der Waals surface area contributed by atoms with Crippen LogP contribution >= 0.6 is 15.9 Å². The van der Waals surface area contributed by atoms with E-state index in [4.69, 9.17) is 10.8 Å². The van der Waals surface area contributed by atoms with Gasteiger partial charge in [0.25, 0.3) is 0 Å². The number of phenols is 1. The monoisotopic (exact) mass is 277 g/mol. The largest absolute Gasteiger partial charge is 0.504 e. The van der Waals surface area contributed by atoms with Gasteiger partial charge in [-0.25, -0.2) is 4.39 Å². The third-order valence-corrected chi connectivity index (χ3v) is 3.25. The van der Waals surface area contributed by atoms with Gasteiger partial charge in [0.05, 0.1) is 4.47 Å². The molecule has 2 nitrogen and oxygen atoms in total. The first-order valence-electron chi connectivity index (χ1n) is 4.57. The van der Waals surface area contributed by atoms with Gasteiger partial charge in [-0.2, -0.15) is 4.39 Å². The highest BCUT2D eigenvalue weighted by molar-refractivity contribution is 9.10. The zero-order valence-corrected chi connectivity index (χ0v) is 9.44. The molecule has 0 amide bonds. The molecule has 1 fully saturated rings. The number of benzene rings is 1. The fourth-order valence-corrected chi connectivity index (χ4v) is 1.93. The molecule has 1 aromatic rings. The molecule has 5 heteroatoms. The van der Waals surface area contributed by atoms with Gasteiger partial charge in [-0.1, -0.05) is 0 Å². The molecular weight excluding hydrogens is 268 g/mol. The second kappa shape index (κ2) is 3.42. The highest BCUT2D eigenvalue weighted by atomic mass is 79.9. The average Bonchev–Trinajstić information content (AvgIpc) is 2.89. The summed E-state index contributed by atoms with van der Waals surface area (Å²) in [6.45, 7) is 0. The lowest BCUT2D eigenvalue weighted by atomic mass is 10.0. The molecule has 0 unspecified atom stereocenters. The SMILES string of the molecule is NC1(Cc2cc(Br)c(O)c(F)c2F)CC1. The summed E-state index contributed by atoms with van der Waals surface area (Å²) in [6, 6.07) is 1.38. The number of nitrogens with two attached hydrogens (primary N) is 1. The molecule has 82 valence electrons. The maximum atomic E-state index is 13.4. The van der Waals surface area contributed by atoms with Crippen molar-refractivity contribution in [2.75, 3.05) is 0 Å².